The lowest BCUT2D eigenvalue weighted by atomic mass is 10.0. The molecular weight excluding hydrogens is 310 g/mol. The molecule has 1 atom stereocenters. The lowest BCUT2D eigenvalue weighted by molar-refractivity contribution is 0.157. The molecule has 1 saturated heterocycles. The van der Waals surface area contributed by atoms with Crippen LogP contribution in [0.1, 0.15) is 18.0 Å². The highest BCUT2D eigenvalue weighted by atomic mass is 35.5. The fourth-order valence-corrected chi connectivity index (χ4v) is 2.84. The number of hydrogen-bond acceptors (Lipinski definition) is 2. The number of rotatable bonds is 4. The van der Waals surface area contributed by atoms with E-state index in [0.717, 1.165) is 31.7 Å². The molecule has 1 fully saturated rings. The standard InChI is InChI=1S/C13H17Cl2FN2.ClH/c14-11-3-1-2-10(13(11)15)12(4-5-16)18-8-6-17-7-9-18;/h1-3,12,17H,4-9H2;1H/t12-;/m0./s1. The Balaban J connectivity index is 0.00000180. The third kappa shape index (κ3) is 4.20. The van der Waals surface area contributed by atoms with E-state index in [2.05, 4.69) is 10.2 Å². The predicted molar refractivity (Wildman–Crippen MR) is 81.5 cm³/mol. The number of hydrogen-bond donors (Lipinski definition) is 1. The Bertz CT molecular complexity index is 397. The molecule has 1 N–H and O–H groups in total. The van der Waals surface area contributed by atoms with E-state index < -0.39 is 0 Å². The molecule has 0 unspecified atom stereocenters. The van der Waals surface area contributed by atoms with Crippen molar-refractivity contribution >= 4 is 35.6 Å². The molecule has 0 amide bonds. The Hall–Kier alpha value is -0.0600. The van der Waals surface area contributed by atoms with Crippen molar-refractivity contribution in [2.24, 2.45) is 0 Å². The van der Waals surface area contributed by atoms with Crippen molar-refractivity contribution in [3.63, 3.8) is 0 Å². The largest absolute Gasteiger partial charge is 0.314 e. The molecule has 1 aliphatic heterocycles. The minimum Gasteiger partial charge on any atom is -0.314 e. The Morgan fingerprint density at radius 3 is 2.58 bits per heavy atom. The number of piperazine rings is 1. The number of nitrogens with one attached hydrogen (secondary N) is 1. The topological polar surface area (TPSA) is 15.3 Å². The van der Waals surface area contributed by atoms with Crippen molar-refractivity contribution in [1.82, 2.24) is 10.2 Å². The van der Waals surface area contributed by atoms with Gasteiger partial charge < -0.3 is 5.32 Å². The van der Waals surface area contributed by atoms with Gasteiger partial charge in [-0.25, -0.2) is 0 Å². The van der Waals surface area contributed by atoms with Crippen LogP contribution in [-0.4, -0.2) is 37.8 Å². The average molecular weight is 328 g/mol. The summed E-state index contributed by atoms with van der Waals surface area (Å²) in [5, 5.41) is 4.38. The lowest BCUT2D eigenvalue weighted by Crippen LogP contribution is -2.45. The second-order valence-corrected chi connectivity index (χ2v) is 5.21. The molecule has 6 heteroatoms. The molecule has 0 spiro atoms. The van der Waals surface area contributed by atoms with Gasteiger partial charge in [-0.1, -0.05) is 35.3 Å². The first-order valence-corrected chi connectivity index (χ1v) is 6.94. The van der Waals surface area contributed by atoms with Crippen LogP contribution in [0, 0.1) is 0 Å². The smallest absolute Gasteiger partial charge is 0.0912 e. The first-order valence-electron chi connectivity index (χ1n) is 6.18. The van der Waals surface area contributed by atoms with Crippen molar-refractivity contribution in [2.75, 3.05) is 32.9 Å². The van der Waals surface area contributed by atoms with Crippen LogP contribution in [0.3, 0.4) is 0 Å². The molecule has 1 heterocycles. The van der Waals surface area contributed by atoms with Crippen LogP contribution in [-0.2, 0) is 0 Å². The summed E-state index contributed by atoms with van der Waals surface area (Å²) >= 11 is 12.3. The molecular formula is C13H18Cl3FN2. The zero-order chi connectivity index (χ0) is 13.0. The number of alkyl halides is 1. The molecule has 19 heavy (non-hydrogen) atoms. The highest BCUT2D eigenvalue weighted by Gasteiger charge is 2.24. The molecule has 0 aliphatic carbocycles. The SMILES string of the molecule is Cl.FCC[C@@H](c1cccc(Cl)c1Cl)N1CCNCC1. The van der Waals surface area contributed by atoms with E-state index >= 15 is 0 Å². The van der Waals surface area contributed by atoms with Crippen molar-refractivity contribution in [3.8, 4) is 0 Å². The van der Waals surface area contributed by atoms with Gasteiger partial charge in [0.25, 0.3) is 0 Å². The minimum atomic E-state index is -0.350. The minimum absolute atomic E-state index is 0. The molecule has 108 valence electrons. The molecule has 0 radical (unpaired) electrons. The summed E-state index contributed by atoms with van der Waals surface area (Å²) in [5.74, 6) is 0. The van der Waals surface area contributed by atoms with E-state index in [-0.39, 0.29) is 25.1 Å². The third-order valence-electron chi connectivity index (χ3n) is 3.32. The summed E-state index contributed by atoms with van der Waals surface area (Å²) in [6, 6.07) is 5.59. The van der Waals surface area contributed by atoms with E-state index in [4.69, 9.17) is 23.2 Å². The lowest BCUT2D eigenvalue weighted by Gasteiger charge is -2.35. The monoisotopic (exact) mass is 326 g/mol. The van der Waals surface area contributed by atoms with Crippen molar-refractivity contribution in [1.29, 1.82) is 0 Å². The molecule has 0 aromatic heterocycles. The molecule has 1 aromatic carbocycles. The van der Waals surface area contributed by atoms with Crippen LogP contribution in [0.25, 0.3) is 0 Å². The Morgan fingerprint density at radius 2 is 1.95 bits per heavy atom. The zero-order valence-corrected chi connectivity index (χ0v) is 12.9. The van der Waals surface area contributed by atoms with Gasteiger partial charge in [-0.2, -0.15) is 0 Å². The van der Waals surface area contributed by atoms with Crippen LogP contribution in [0.5, 0.6) is 0 Å². The second kappa shape index (κ2) is 8.28. The molecule has 1 aromatic rings. The van der Waals surface area contributed by atoms with Gasteiger partial charge in [-0.3, -0.25) is 9.29 Å². The normalized spacial score (nSPS) is 17.8. The highest BCUT2D eigenvalue weighted by molar-refractivity contribution is 6.42. The maximum Gasteiger partial charge on any atom is 0.0912 e. The Labute approximate surface area is 129 Å². The quantitative estimate of drug-likeness (QED) is 0.906. The summed E-state index contributed by atoms with van der Waals surface area (Å²) in [7, 11) is 0. The highest BCUT2D eigenvalue weighted by Crippen LogP contribution is 2.34. The van der Waals surface area contributed by atoms with Gasteiger partial charge in [0.2, 0.25) is 0 Å². The third-order valence-corrected chi connectivity index (χ3v) is 4.15. The van der Waals surface area contributed by atoms with Crippen LogP contribution >= 0.6 is 35.6 Å². The summed E-state index contributed by atoms with van der Waals surface area (Å²) < 4.78 is 12.8. The fraction of sp³-hybridized carbons (Fsp3) is 0.538. The van der Waals surface area contributed by atoms with Crippen LogP contribution in [0.15, 0.2) is 18.2 Å². The van der Waals surface area contributed by atoms with Gasteiger partial charge >= 0.3 is 0 Å². The van der Waals surface area contributed by atoms with E-state index in [9.17, 15) is 4.39 Å². The maximum atomic E-state index is 12.8. The molecule has 2 rings (SSSR count). The fourth-order valence-electron chi connectivity index (χ4n) is 2.41. The molecule has 0 saturated carbocycles. The summed E-state index contributed by atoms with van der Waals surface area (Å²) in [5.41, 5.74) is 0.934. The van der Waals surface area contributed by atoms with Crippen molar-refractivity contribution in [3.05, 3.63) is 33.8 Å². The van der Waals surface area contributed by atoms with Gasteiger partial charge in [-0.15, -0.1) is 12.4 Å². The summed E-state index contributed by atoms with van der Waals surface area (Å²) in [4.78, 5) is 2.27. The first-order chi connectivity index (χ1) is 8.74. The van der Waals surface area contributed by atoms with Gasteiger partial charge in [0.15, 0.2) is 0 Å². The van der Waals surface area contributed by atoms with Crippen molar-refractivity contribution < 1.29 is 4.39 Å². The van der Waals surface area contributed by atoms with E-state index in [1.807, 2.05) is 12.1 Å². The number of benzene rings is 1. The maximum absolute atomic E-state index is 12.8. The summed E-state index contributed by atoms with van der Waals surface area (Å²) in [6.45, 7) is 3.33. The number of halogens is 4. The first kappa shape index (κ1) is 17.0. The van der Waals surface area contributed by atoms with Crippen LogP contribution in [0.2, 0.25) is 10.0 Å². The molecule has 2 nitrogen and oxygen atoms in total. The van der Waals surface area contributed by atoms with E-state index in [1.165, 1.54) is 0 Å². The molecule has 0 bridgehead atoms. The predicted octanol–water partition coefficient (Wildman–Crippen LogP) is 3.72. The Morgan fingerprint density at radius 1 is 1.26 bits per heavy atom. The van der Waals surface area contributed by atoms with E-state index in [1.54, 1.807) is 6.07 Å². The van der Waals surface area contributed by atoms with Gasteiger partial charge in [0.1, 0.15) is 0 Å². The van der Waals surface area contributed by atoms with Gasteiger partial charge in [-0.05, 0) is 18.1 Å². The number of nitrogens with zero attached hydrogens (tertiary/aromatic N) is 1. The van der Waals surface area contributed by atoms with E-state index in [0.29, 0.717) is 16.5 Å². The van der Waals surface area contributed by atoms with Crippen molar-refractivity contribution in [2.45, 2.75) is 12.5 Å². The van der Waals surface area contributed by atoms with Gasteiger partial charge in [0.05, 0.1) is 16.7 Å². The molecule has 1 aliphatic rings. The van der Waals surface area contributed by atoms with Crippen LogP contribution in [0.4, 0.5) is 4.39 Å². The second-order valence-electron chi connectivity index (χ2n) is 4.42. The summed E-state index contributed by atoms with van der Waals surface area (Å²) in [6.07, 6.45) is 0.458. The van der Waals surface area contributed by atoms with Crippen LogP contribution < -0.4 is 5.32 Å². The average Bonchev–Trinajstić information content (AvgIpc) is 2.41. The Kier molecular flexibility index (Phi) is 7.40. The zero-order valence-electron chi connectivity index (χ0n) is 10.5. The van der Waals surface area contributed by atoms with Gasteiger partial charge in [0, 0.05) is 32.2 Å².